The van der Waals surface area contributed by atoms with Gasteiger partial charge in [0.25, 0.3) is 0 Å². The molecule has 2 aromatic heterocycles. The van der Waals surface area contributed by atoms with E-state index in [1.54, 1.807) is 10.7 Å². The Morgan fingerprint density at radius 2 is 2.12 bits per heavy atom. The van der Waals surface area contributed by atoms with Gasteiger partial charge in [-0.1, -0.05) is 17.8 Å². The average Bonchev–Trinajstić information content (AvgIpc) is 3.59. The fourth-order valence-electron chi connectivity index (χ4n) is 4.13. The molecule has 176 valence electrons. The van der Waals surface area contributed by atoms with Crippen LogP contribution in [0, 0.1) is 0 Å². The van der Waals surface area contributed by atoms with Crippen LogP contribution in [0.15, 0.2) is 41.7 Å². The monoisotopic (exact) mass is 482 g/mol. The standard InChI is InChI=1S/C22H22N6O5S/c1-26-8-7-16(25-26)19-23-24-22(27(19)12-15-6-3-9-33-15)34-17-11-18(29)28(20(17)30)14-5-2-4-13(10-14)21(31)32/h2,4-5,7-8,10,15,17H,3,6,9,11-12H2,1H3,(H,31,32). The number of aromatic nitrogens is 5. The molecule has 2 atom stereocenters. The van der Waals surface area contributed by atoms with Gasteiger partial charge in [0.2, 0.25) is 11.8 Å². The fraction of sp³-hybridized carbons (Fsp3) is 0.364. The van der Waals surface area contributed by atoms with Crippen LogP contribution in [0.1, 0.15) is 29.6 Å². The van der Waals surface area contributed by atoms with E-state index in [0.29, 0.717) is 29.8 Å². The third-order valence-electron chi connectivity index (χ3n) is 5.77. The molecule has 1 aromatic carbocycles. The maximum Gasteiger partial charge on any atom is 0.335 e. The number of hydrogen-bond acceptors (Lipinski definition) is 8. The molecule has 1 N–H and O–H groups in total. The summed E-state index contributed by atoms with van der Waals surface area (Å²) in [6, 6.07) is 7.64. The maximum atomic E-state index is 13.2. The minimum atomic E-state index is -1.13. The van der Waals surface area contributed by atoms with E-state index in [0.717, 1.165) is 17.7 Å². The lowest BCUT2D eigenvalue weighted by Crippen LogP contribution is -2.31. The molecule has 0 spiro atoms. The zero-order valence-electron chi connectivity index (χ0n) is 18.3. The van der Waals surface area contributed by atoms with Gasteiger partial charge in [0.15, 0.2) is 11.0 Å². The highest BCUT2D eigenvalue weighted by Gasteiger charge is 2.41. The number of amides is 2. The normalized spacial score (nSPS) is 20.4. The number of ether oxygens (including phenoxy) is 1. The van der Waals surface area contributed by atoms with Crippen LogP contribution in [-0.4, -0.2) is 65.4 Å². The van der Waals surface area contributed by atoms with Crippen LogP contribution in [0.25, 0.3) is 11.5 Å². The first-order chi connectivity index (χ1) is 16.4. The average molecular weight is 483 g/mol. The number of carbonyl (C=O) groups excluding carboxylic acids is 2. The predicted molar refractivity (Wildman–Crippen MR) is 121 cm³/mol. The first kappa shape index (κ1) is 22.3. The van der Waals surface area contributed by atoms with E-state index < -0.39 is 17.1 Å². The molecule has 3 aromatic rings. The highest BCUT2D eigenvalue weighted by atomic mass is 32.2. The Morgan fingerprint density at radius 1 is 1.26 bits per heavy atom. The van der Waals surface area contributed by atoms with Crippen LogP contribution in [0.4, 0.5) is 5.69 Å². The van der Waals surface area contributed by atoms with Crippen molar-refractivity contribution >= 4 is 35.2 Å². The molecule has 4 heterocycles. The maximum absolute atomic E-state index is 13.2. The molecule has 11 nitrogen and oxygen atoms in total. The Morgan fingerprint density at radius 3 is 2.82 bits per heavy atom. The van der Waals surface area contributed by atoms with Crippen LogP contribution in [0.2, 0.25) is 0 Å². The number of carbonyl (C=O) groups is 3. The summed E-state index contributed by atoms with van der Waals surface area (Å²) in [5.74, 6) is -1.36. The first-order valence-corrected chi connectivity index (χ1v) is 11.7. The lowest BCUT2D eigenvalue weighted by molar-refractivity contribution is -0.121. The predicted octanol–water partition coefficient (Wildman–Crippen LogP) is 1.98. The van der Waals surface area contributed by atoms with Crippen molar-refractivity contribution in [2.24, 2.45) is 7.05 Å². The molecule has 5 rings (SSSR count). The van der Waals surface area contributed by atoms with Gasteiger partial charge in [0.05, 0.1) is 23.9 Å². The van der Waals surface area contributed by atoms with Crippen molar-refractivity contribution in [3.63, 3.8) is 0 Å². The highest BCUT2D eigenvalue weighted by molar-refractivity contribution is 8.00. The zero-order valence-corrected chi connectivity index (χ0v) is 19.1. The molecule has 2 aliphatic heterocycles. The largest absolute Gasteiger partial charge is 0.478 e. The molecule has 0 radical (unpaired) electrons. The molecule has 2 aliphatic rings. The summed E-state index contributed by atoms with van der Waals surface area (Å²) in [7, 11) is 1.82. The number of aryl methyl sites for hydroxylation is 1. The molecule has 0 aliphatic carbocycles. The minimum Gasteiger partial charge on any atom is -0.478 e. The smallest absolute Gasteiger partial charge is 0.335 e. The molecule has 12 heteroatoms. The number of nitrogens with zero attached hydrogens (tertiary/aromatic N) is 6. The second kappa shape index (κ2) is 9.03. The summed E-state index contributed by atoms with van der Waals surface area (Å²) >= 11 is 1.18. The van der Waals surface area contributed by atoms with Crippen LogP contribution in [0.5, 0.6) is 0 Å². The summed E-state index contributed by atoms with van der Waals surface area (Å²) in [6.45, 7) is 1.22. The summed E-state index contributed by atoms with van der Waals surface area (Å²) in [6.07, 6.45) is 3.70. The van der Waals surface area contributed by atoms with E-state index in [-0.39, 0.29) is 29.7 Å². The topological polar surface area (TPSA) is 132 Å². The van der Waals surface area contributed by atoms with Gasteiger partial charge >= 0.3 is 5.97 Å². The van der Waals surface area contributed by atoms with Gasteiger partial charge < -0.3 is 9.84 Å². The van der Waals surface area contributed by atoms with E-state index in [9.17, 15) is 19.5 Å². The van der Waals surface area contributed by atoms with Crippen molar-refractivity contribution in [1.29, 1.82) is 0 Å². The van der Waals surface area contributed by atoms with Gasteiger partial charge in [-0.2, -0.15) is 5.10 Å². The fourth-order valence-corrected chi connectivity index (χ4v) is 5.19. The van der Waals surface area contributed by atoms with Crippen molar-refractivity contribution in [3.05, 3.63) is 42.1 Å². The second-order valence-electron chi connectivity index (χ2n) is 8.16. The van der Waals surface area contributed by atoms with Crippen molar-refractivity contribution in [2.45, 2.75) is 42.3 Å². The molecule has 0 saturated carbocycles. The first-order valence-electron chi connectivity index (χ1n) is 10.8. The van der Waals surface area contributed by atoms with E-state index in [1.807, 2.05) is 23.9 Å². The van der Waals surface area contributed by atoms with Crippen LogP contribution < -0.4 is 4.90 Å². The van der Waals surface area contributed by atoms with Gasteiger partial charge in [-0.25, -0.2) is 9.69 Å². The molecular weight excluding hydrogens is 460 g/mol. The number of aromatic carboxylic acids is 1. The van der Waals surface area contributed by atoms with E-state index in [4.69, 9.17) is 4.74 Å². The molecule has 34 heavy (non-hydrogen) atoms. The highest BCUT2D eigenvalue weighted by Crippen LogP contribution is 2.35. The Hall–Kier alpha value is -3.51. The van der Waals surface area contributed by atoms with Crippen LogP contribution in [0.3, 0.4) is 0 Å². The van der Waals surface area contributed by atoms with Gasteiger partial charge in [-0.05, 0) is 37.1 Å². The molecule has 2 saturated heterocycles. The van der Waals surface area contributed by atoms with Crippen molar-refractivity contribution in [3.8, 4) is 11.5 Å². The SMILES string of the molecule is Cn1ccc(-c2nnc(SC3CC(=O)N(c4cccc(C(=O)O)c4)C3=O)n2CC2CCCO2)n1. The van der Waals surface area contributed by atoms with Crippen molar-refractivity contribution in [1.82, 2.24) is 24.5 Å². The van der Waals surface area contributed by atoms with Gasteiger partial charge in [-0.15, -0.1) is 10.2 Å². The van der Waals surface area contributed by atoms with Gasteiger partial charge in [0.1, 0.15) is 10.9 Å². The summed E-state index contributed by atoms with van der Waals surface area (Å²) < 4.78 is 9.38. The van der Waals surface area contributed by atoms with E-state index in [2.05, 4.69) is 15.3 Å². The third-order valence-corrected chi connectivity index (χ3v) is 6.94. The van der Waals surface area contributed by atoms with Crippen molar-refractivity contribution < 1.29 is 24.2 Å². The molecule has 2 amide bonds. The zero-order chi connectivity index (χ0) is 23.8. The number of carboxylic acids is 1. The van der Waals surface area contributed by atoms with Crippen LogP contribution >= 0.6 is 11.8 Å². The quantitative estimate of drug-likeness (QED) is 0.502. The molecule has 2 fully saturated rings. The number of hydrogen-bond donors (Lipinski definition) is 1. The Balaban J connectivity index is 1.42. The number of carboxylic acid groups (broad SMARTS) is 1. The third kappa shape index (κ3) is 4.21. The van der Waals surface area contributed by atoms with Crippen LogP contribution in [-0.2, 0) is 27.9 Å². The molecule has 0 bridgehead atoms. The lowest BCUT2D eigenvalue weighted by atomic mass is 10.2. The number of rotatable bonds is 7. The Bertz CT molecular complexity index is 1260. The number of benzene rings is 1. The Kier molecular flexibility index (Phi) is 5.92. The number of anilines is 1. The molecular formula is C22H22N6O5S. The Labute approximate surface area is 198 Å². The summed E-state index contributed by atoms with van der Waals surface area (Å²) in [5.41, 5.74) is 0.902. The van der Waals surface area contributed by atoms with Crippen molar-refractivity contribution in [2.75, 3.05) is 11.5 Å². The summed E-state index contributed by atoms with van der Waals surface area (Å²) in [4.78, 5) is 38.3. The molecule has 2 unspecified atom stereocenters. The minimum absolute atomic E-state index is 0.00510. The number of imide groups is 1. The van der Waals surface area contributed by atoms with Gasteiger partial charge in [-0.3, -0.25) is 18.8 Å². The second-order valence-corrected chi connectivity index (χ2v) is 9.33. The van der Waals surface area contributed by atoms with E-state index >= 15 is 0 Å². The van der Waals surface area contributed by atoms with Gasteiger partial charge in [0, 0.05) is 26.3 Å². The van der Waals surface area contributed by atoms with E-state index in [1.165, 1.54) is 30.0 Å². The summed E-state index contributed by atoms with van der Waals surface area (Å²) in [5, 5.41) is 22.1. The number of thioether (sulfide) groups is 1. The lowest BCUT2D eigenvalue weighted by Gasteiger charge is -2.16.